The van der Waals surface area contributed by atoms with Crippen LogP contribution in [0.1, 0.15) is 38.7 Å². The lowest BCUT2D eigenvalue weighted by molar-refractivity contribution is 0.386. The highest BCUT2D eigenvalue weighted by Gasteiger charge is 2.32. The Morgan fingerprint density at radius 3 is 2.82 bits per heavy atom. The van der Waals surface area contributed by atoms with E-state index < -0.39 is 0 Å². The zero-order valence-corrected chi connectivity index (χ0v) is 11.1. The van der Waals surface area contributed by atoms with Crippen molar-refractivity contribution in [3.8, 4) is 0 Å². The molecule has 0 aliphatic carbocycles. The summed E-state index contributed by atoms with van der Waals surface area (Å²) in [5.74, 6) is 0. The average Bonchev–Trinajstić information content (AvgIpc) is 2.38. The molecule has 1 heterocycles. The van der Waals surface area contributed by atoms with Crippen molar-refractivity contribution in [1.82, 2.24) is 0 Å². The fourth-order valence-corrected chi connectivity index (χ4v) is 2.98. The first-order valence-electron chi connectivity index (χ1n) is 6.77. The van der Waals surface area contributed by atoms with Gasteiger partial charge in [0.25, 0.3) is 0 Å². The Morgan fingerprint density at radius 1 is 1.35 bits per heavy atom. The maximum Gasteiger partial charge on any atom is 0.0496 e. The Bertz CT molecular complexity index is 375. The van der Waals surface area contributed by atoms with Gasteiger partial charge in [-0.1, -0.05) is 31.5 Å². The number of hydrogen-bond donors (Lipinski definition) is 1. The smallest absolute Gasteiger partial charge is 0.0496 e. The highest BCUT2D eigenvalue weighted by atomic mass is 15.2. The van der Waals surface area contributed by atoms with Crippen molar-refractivity contribution in [2.75, 3.05) is 18.0 Å². The maximum atomic E-state index is 6.04. The molecule has 2 nitrogen and oxygen atoms in total. The zero-order chi connectivity index (χ0) is 12.3. The summed E-state index contributed by atoms with van der Waals surface area (Å²) in [6.45, 7) is 6.42. The minimum Gasteiger partial charge on any atom is -0.365 e. The van der Waals surface area contributed by atoms with E-state index in [0.29, 0.717) is 0 Å². The Kier molecular flexibility index (Phi) is 3.72. The second kappa shape index (κ2) is 5.09. The van der Waals surface area contributed by atoms with Gasteiger partial charge in [-0.3, -0.25) is 0 Å². The van der Waals surface area contributed by atoms with E-state index in [1.165, 1.54) is 30.5 Å². The second-order valence-corrected chi connectivity index (χ2v) is 5.33. The van der Waals surface area contributed by atoms with Gasteiger partial charge in [-0.2, -0.15) is 0 Å². The van der Waals surface area contributed by atoms with Crippen LogP contribution in [0.3, 0.4) is 0 Å². The number of benzene rings is 1. The lowest BCUT2D eigenvalue weighted by atomic mass is 9.89. The quantitative estimate of drug-likeness (QED) is 0.865. The van der Waals surface area contributed by atoms with Crippen LogP contribution in [-0.4, -0.2) is 18.6 Å². The van der Waals surface area contributed by atoms with Crippen LogP contribution in [0.25, 0.3) is 0 Å². The van der Waals surface area contributed by atoms with Crippen LogP contribution in [-0.2, 0) is 6.42 Å². The third-order valence-electron chi connectivity index (χ3n) is 3.99. The van der Waals surface area contributed by atoms with Crippen molar-refractivity contribution in [2.45, 2.75) is 45.1 Å². The highest BCUT2D eigenvalue weighted by Crippen LogP contribution is 2.34. The number of hydrogen-bond acceptors (Lipinski definition) is 2. The van der Waals surface area contributed by atoms with E-state index in [0.717, 1.165) is 19.5 Å². The molecule has 2 N–H and O–H groups in total. The van der Waals surface area contributed by atoms with Crippen molar-refractivity contribution < 1.29 is 0 Å². The first kappa shape index (κ1) is 12.4. The number of para-hydroxylation sites is 1. The van der Waals surface area contributed by atoms with E-state index in [9.17, 15) is 0 Å². The van der Waals surface area contributed by atoms with E-state index >= 15 is 0 Å². The summed E-state index contributed by atoms with van der Waals surface area (Å²) in [5, 5.41) is 0. The third kappa shape index (κ3) is 2.32. The van der Waals surface area contributed by atoms with Crippen molar-refractivity contribution in [3.05, 3.63) is 29.8 Å². The Labute approximate surface area is 105 Å². The zero-order valence-electron chi connectivity index (χ0n) is 11.1. The van der Waals surface area contributed by atoms with Gasteiger partial charge in [0.05, 0.1) is 0 Å². The van der Waals surface area contributed by atoms with Crippen LogP contribution in [0.4, 0.5) is 5.69 Å². The maximum absolute atomic E-state index is 6.04. The molecule has 2 rings (SSSR count). The molecule has 1 aromatic rings. The van der Waals surface area contributed by atoms with E-state index in [-0.39, 0.29) is 5.54 Å². The molecular weight excluding hydrogens is 208 g/mol. The fourth-order valence-electron chi connectivity index (χ4n) is 2.98. The normalized spacial score (nSPS) is 18.6. The molecule has 0 saturated carbocycles. The Balaban J connectivity index is 2.34. The molecule has 0 spiro atoms. The molecule has 0 saturated heterocycles. The molecule has 0 aromatic heterocycles. The minimum atomic E-state index is 0.116. The topological polar surface area (TPSA) is 29.3 Å². The summed E-state index contributed by atoms with van der Waals surface area (Å²) >= 11 is 0. The highest BCUT2D eigenvalue weighted by molar-refractivity contribution is 5.57. The van der Waals surface area contributed by atoms with Crippen LogP contribution >= 0.6 is 0 Å². The fraction of sp³-hybridized carbons (Fsp3) is 0.600. The summed E-state index contributed by atoms with van der Waals surface area (Å²) in [6, 6.07) is 8.78. The van der Waals surface area contributed by atoms with Crippen molar-refractivity contribution in [3.63, 3.8) is 0 Å². The van der Waals surface area contributed by atoms with Gasteiger partial charge in [-0.05, 0) is 37.8 Å². The predicted molar refractivity (Wildman–Crippen MR) is 74.5 cm³/mol. The second-order valence-electron chi connectivity index (χ2n) is 5.33. The molecule has 1 aliphatic rings. The van der Waals surface area contributed by atoms with Crippen LogP contribution in [0, 0.1) is 0 Å². The molecule has 1 atom stereocenters. The first-order valence-corrected chi connectivity index (χ1v) is 6.77. The summed E-state index contributed by atoms with van der Waals surface area (Å²) in [6.07, 6.45) is 4.81. The number of nitrogens with zero attached hydrogens (tertiary/aromatic N) is 1. The number of anilines is 1. The molecule has 0 fully saturated rings. The molecule has 2 heteroatoms. The summed E-state index contributed by atoms with van der Waals surface area (Å²) in [7, 11) is 0. The molecular formula is C15H24N2. The lowest BCUT2D eigenvalue weighted by Crippen LogP contribution is -2.53. The van der Waals surface area contributed by atoms with Crippen LogP contribution in [0.2, 0.25) is 0 Å². The number of nitrogens with two attached hydrogens (primary N) is 1. The number of rotatable bonds is 4. The monoisotopic (exact) mass is 232 g/mol. The summed E-state index contributed by atoms with van der Waals surface area (Å²) < 4.78 is 0. The van der Waals surface area contributed by atoms with Gasteiger partial charge in [0.1, 0.15) is 0 Å². The van der Waals surface area contributed by atoms with Gasteiger partial charge < -0.3 is 10.6 Å². The van der Waals surface area contributed by atoms with Crippen LogP contribution in [0.5, 0.6) is 0 Å². The van der Waals surface area contributed by atoms with Gasteiger partial charge in [-0.15, -0.1) is 0 Å². The van der Waals surface area contributed by atoms with Gasteiger partial charge in [0.15, 0.2) is 0 Å². The molecule has 1 aromatic carbocycles. The van der Waals surface area contributed by atoms with E-state index in [2.05, 4.69) is 43.0 Å². The van der Waals surface area contributed by atoms with Crippen molar-refractivity contribution in [2.24, 2.45) is 5.73 Å². The SMILES string of the molecule is CCCC(C)(CN)N1CCCc2ccccc21. The minimum absolute atomic E-state index is 0.116. The van der Waals surface area contributed by atoms with Gasteiger partial charge in [0, 0.05) is 24.3 Å². The van der Waals surface area contributed by atoms with E-state index in [1.54, 1.807) is 0 Å². The standard InChI is InChI=1S/C15H24N2/c1-3-10-15(2,12-16)17-11-6-8-13-7-4-5-9-14(13)17/h4-5,7,9H,3,6,8,10-12,16H2,1-2H3. The van der Waals surface area contributed by atoms with Gasteiger partial charge in [-0.25, -0.2) is 0 Å². The number of fused-ring (bicyclic) bond motifs is 1. The Hall–Kier alpha value is -1.02. The largest absolute Gasteiger partial charge is 0.365 e. The van der Waals surface area contributed by atoms with Crippen molar-refractivity contribution >= 4 is 5.69 Å². The summed E-state index contributed by atoms with van der Waals surface area (Å²) in [5.41, 5.74) is 9.04. The average molecular weight is 232 g/mol. The molecule has 0 bridgehead atoms. The van der Waals surface area contributed by atoms with E-state index in [4.69, 9.17) is 5.73 Å². The lowest BCUT2D eigenvalue weighted by Gasteiger charge is -2.45. The van der Waals surface area contributed by atoms with Crippen LogP contribution in [0.15, 0.2) is 24.3 Å². The molecule has 17 heavy (non-hydrogen) atoms. The van der Waals surface area contributed by atoms with Crippen molar-refractivity contribution in [1.29, 1.82) is 0 Å². The van der Waals surface area contributed by atoms with Crippen LogP contribution < -0.4 is 10.6 Å². The third-order valence-corrected chi connectivity index (χ3v) is 3.99. The Morgan fingerprint density at radius 2 is 2.12 bits per heavy atom. The van der Waals surface area contributed by atoms with Gasteiger partial charge in [0.2, 0.25) is 0 Å². The molecule has 94 valence electrons. The number of aryl methyl sites for hydroxylation is 1. The molecule has 1 aliphatic heterocycles. The molecule has 0 radical (unpaired) electrons. The predicted octanol–water partition coefficient (Wildman–Crippen LogP) is 2.96. The molecule has 0 amide bonds. The van der Waals surface area contributed by atoms with Gasteiger partial charge >= 0.3 is 0 Å². The van der Waals surface area contributed by atoms with E-state index in [1.807, 2.05) is 0 Å². The summed E-state index contributed by atoms with van der Waals surface area (Å²) in [4.78, 5) is 2.54. The molecule has 1 unspecified atom stereocenters. The first-order chi connectivity index (χ1) is 8.21.